The molecule has 1 atom stereocenters. The van der Waals surface area contributed by atoms with Gasteiger partial charge in [-0.3, -0.25) is 9.69 Å². The van der Waals surface area contributed by atoms with Gasteiger partial charge in [-0.05, 0) is 44.9 Å². The molecule has 4 heterocycles. The Morgan fingerprint density at radius 3 is 2.67 bits per heavy atom. The van der Waals surface area contributed by atoms with Crippen LogP contribution >= 0.6 is 0 Å². The van der Waals surface area contributed by atoms with E-state index in [4.69, 9.17) is 4.42 Å². The number of nitrogens with zero attached hydrogens (tertiary/aromatic N) is 6. The van der Waals surface area contributed by atoms with Gasteiger partial charge in [0.05, 0.1) is 24.5 Å². The van der Waals surface area contributed by atoms with Crippen LogP contribution in [-0.2, 0) is 6.54 Å². The molecule has 5 rings (SSSR count). The van der Waals surface area contributed by atoms with Crippen molar-refractivity contribution in [2.75, 3.05) is 31.1 Å². The van der Waals surface area contributed by atoms with Gasteiger partial charge >= 0.3 is 0 Å². The lowest BCUT2D eigenvalue weighted by atomic mass is 10.1. The van der Waals surface area contributed by atoms with Crippen LogP contribution in [0.2, 0.25) is 0 Å². The second kappa shape index (κ2) is 8.02. The van der Waals surface area contributed by atoms with Crippen LogP contribution in [0.3, 0.4) is 0 Å². The van der Waals surface area contributed by atoms with Crippen LogP contribution in [0.5, 0.6) is 0 Å². The van der Waals surface area contributed by atoms with Gasteiger partial charge in [0.15, 0.2) is 0 Å². The summed E-state index contributed by atoms with van der Waals surface area (Å²) in [6, 6.07) is 9.84. The molecule has 3 aromatic rings. The maximum Gasteiger partial charge on any atom is 0.269 e. The molecule has 2 saturated heterocycles. The predicted molar refractivity (Wildman–Crippen MR) is 113 cm³/mol. The zero-order chi connectivity index (χ0) is 20.5. The fraction of sp³-hybridized carbons (Fsp3) is 0.455. The molecule has 2 aliphatic heterocycles. The first-order valence-corrected chi connectivity index (χ1v) is 10.6. The van der Waals surface area contributed by atoms with Gasteiger partial charge in [-0.15, -0.1) is 10.2 Å². The molecular formula is C22H26N6O2. The normalized spacial score (nSPS) is 19.6. The summed E-state index contributed by atoms with van der Waals surface area (Å²) in [7, 11) is 0. The minimum atomic E-state index is -0.0225. The Labute approximate surface area is 175 Å². The van der Waals surface area contributed by atoms with E-state index in [1.165, 1.54) is 12.0 Å². The maximum absolute atomic E-state index is 12.6. The monoisotopic (exact) mass is 406 g/mol. The summed E-state index contributed by atoms with van der Waals surface area (Å²) in [6.07, 6.45) is 4.96. The van der Waals surface area contributed by atoms with E-state index in [0.29, 0.717) is 18.3 Å². The lowest BCUT2D eigenvalue weighted by Gasteiger charge is -2.34. The van der Waals surface area contributed by atoms with Crippen molar-refractivity contribution in [3.8, 4) is 11.5 Å². The predicted octanol–water partition coefficient (Wildman–Crippen LogP) is 2.65. The molecule has 2 fully saturated rings. The number of piperidine rings is 1. The smallest absolute Gasteiger partial charge is 0.269 e. The Morgan fingerprint density at radius 1 is 1.10 bits per heavy atom. The minimum absolute atomic E-state index is 0.0225. The molecule has 0 N–H and O–H groups in total. The van der Waals surface area contributed by atoms with E-state index < -0.39 is 0 Å². The Hall–Kier alpha value is -3.00. The number of hydrogen-bond donors (Lipinski definition) is 0. The Morgan fingerprint density at radius 2 is 1.93 bits per heavy atom. The number of aryl methyl sites for hydroxylation is 1. The summed E-state index contributed by atoms with van der Waals surface area (Å²) in [6.45, 7) is 6.34. The number of benzene rings is 1. The molecule has 1 unspecified atom stereocenters. The number of aromatic nitrogens is 4. The molecule has 0 saturated carbocycles. The van der Waals surface area contributed by atoms with Crippen LogP contribution in [0.4, 0.5) is 5.69 Å². The van der Waals surface area contributed by atoms with Crippen LogP contribution in [-0.4, -0.2) is 51.1 Å². The summed E-state index contributed by atoms with van der Waals surface area (Å²) < 4.78 is 7.52. The van der Waals surface area contributed by atoms with E-state index in [-0.39, 0.29) is 11.6 Å². The topological polar surface area (TPSA) is 80.3 Å². The second-order valence-electron chi connectivity index (χ2n) is 8.24. The minimum Gasteiger partial charge on any atom is -0.419 e. The molecule has 2 aromatic heterocycles. The van der Waals surface area contributed by atoms with Crippen molar-refractivity contribution in [3.05, 3.63) is 58.3 Å². The third kappa shape index (κ3) is 3.87. The zero-order valence-corrected chi connectivity index (χ0v) is 17.2. The Kier molecular flexibility index (Phi) is 5.08. The van der Waals surface area contributed by atoms with E-state index in [0.717, 1.165) is 50.3 Å². The highest BCUT2D eigenvalue weighted by molar-refractivity contribution is 5.52. The molecule has 1 aromatic carbocycles. The average Bonchev–Trinajstić information content (AvgIpc) is 3.16. The standard InChI is InChI=1S/C22H26N6O2/c1-16-5-7-17(8-6-16)22-25-24-20(30-22)15-26-9-2-4-18(14-26)28-21(29)12-19(13-23-28)27-10-3-11-27/h5-8,12-13,18H,2-4,9-11,14-15H2,1H3. The van der Waals surface area contributed by atoms with Gasteiger partial charge in [0.2, 0.25) is 11.8 Å². The van der Waals surface area contributed by atoms with E-state index >= 15 is 0 Å². The van der Waals surface area contributed by atoms with E-state index in [9.17, 15) is 4.79 Å². The van der Waals surface area contributed by atoms with Gasteiger partial charge in [-0.25, -0.2) is 4.68 Å². The molecule has 2 aliphatic rings. The molecule has 8 heteroatoms. The molecular weight excluding hydrogens is 380 g/mol. The van der Waals surface area contributed by atoms with Crippen molar-refractivity contribution < 1.29 is 4.42 Å². The van der Waals surface area contributed by atoms with Crippen LogP contribution in [0.1, 0.15) is 36.8 Å². The first kappa shape index (κ1) is 19.0. The maximum atomic E-state index is 12.6. The molecule has 156 valence electrons. The van der Waals surface area contributed by atoms with Crippen molar-refractivity contribution in [3.63, 3.8) is 0 Å². The SMILES string of the molecule is Cc1ccc(-c2nnc(CN3CCCC(n4ncc(N5CCC5)cc4=O)C3)o2)cc1. The Balaban J connectivity index is 1.26. The molecule has 0 spiro atoms. The van der Waals surface area contributed by atoms with Gasteiger partial charge in [-0.1, -0.05) is 17.7 Å². The second-order valence-corrected chi connectivity index (χ2v) is 8.24. The first-order valence-electron chi connectivity index (χ1n) is 10.6. The van der Waals surface area contributed by atoms with E-state index in [1.807, 2.05) is 30.5 Å². The molecule has 0 radical (unpaired) electrons. The van der Waals surface area contributed by atoms with Crippen LogP contribution in [0.25, 0.3) is 11.5 Å². The van der Waals surface area contributed by atoms with Gasteiger partial charge in [0.25, 0.3) is 5.56 Å². The molecule has 0 amide bonds. The lowest BCUT2D eigenvalue weighted by molar-refractivity contribution is 0.148. The quantitative estimate of drug-likeness (QED) is 0.644. The summed E-state index contributed by atoms with van der Waals surface area (Å²) in [5.74, 6) is 1.14. The lowest BCUT2D eigenvalue weighted by Crippen LogP contribution is -2.41. The van der Waals surface area contributed by atoms with Crippen LogP contribution in [0, 0.1) is 6.92 Å². The van der Waals surface area contributed by atoms with Crippen molar-refractivity contribution in [2.24, 2.45) is 0 Å². The summed E-state index contributed by atoms with van der Waals surface area (Å²) in [5, 5.41) is 12.9. The van der Waals surface area contributed by atoms with Crippen LogP contribution in [0.15, 0.2) is 45.7 Å². The van der Waals surface area contributed by atoms with Crippen molar-refractivity contribution >= 4 is 5.69 Å². The first-order chi connectivity index (χ1) is 14.7. The van der Waals surface area contributed by atoms with E-state index in [1.54, 1.807) is 10.7 Å². The zero-order valence-electron chi connectivity index (χ0n) is 17.2. The molecule has 8 nitrogen and oxygen atoms in total. The fourth-order valence-corrected chi connectivity index (χ4v) is 4.13. The van der Waals surface area contributed by atoms with Gasteiger partial charge in [0.1, 0.15) is 0 Å². The van der Waals surface area contributed by atoms with Crippen LogP contribution < -0.4 is 10.5 Å². The molecule has 30 heavy (non-hydrogen) atoms. The summed E-state index contributed by atoms with van der Waals surface area (Å²) >= 11 is 0. The number of anilines is 1. The highest BCUT2D eigenvalue weighted by atomic mass is 16.4. The highest BCUT2D eigenvalue weighted by Crippen LogP contribution is 2.24. The number of likely N-dealkylation sites (tertiary alicyclic amines) is 1. The third-order valence-electron chi connectivity index (χ3n) is 5.98. The van der Waals surface area contributed by atoms with Gasteiger partial charge < -0.3 is 9.32 Å². The Bertz CT molecular complexity index is 1070. The summed E-state index contributed by atoms with van der Waals surface area (Å²) in [5.41, 5.74) is 3.03. The van der Waals surface area contributed by atoms with Crippen molar-refractivity contribution in [1.82, 2.24) is 24.9 Å². The number of hydrogen-bond acceptors (Lipinski definition) is 7. The highest BCUT2D eigenvalue weighted by Gasteiger charge is 2.25. The number of rotatable bonds is 5. The largest absolute Gasteiger partial charge is 0.419 e. The summed E-state index contributed by atoms with van der Waals surface area (Å²) in [4.78, 5) is 17.1. The van der Waals surface area contributed by atoms with E-state index in [2.05, 4.69) is 32.0 Å². The fourth-order valence-electron chi connectivity index (χ4n) is 4.13. The van der Waals surface area contributed by atoms with Gasteiger partial charge in [-0.2, -0.15) is 5.10 Å². The molecule has 0 aliphatic carbocycles. The molecule has 0 bridgehead atoms. The third-order valence-corrected chi connectivity index (χ3v) is 5.98. The van der Waals surface area contributed by atoms with Crippen molar-refractivity contribution in [1.29, 1.82) is 0 Å². The van der Waals surface area contributed by atoms with Gasteiger partial charge in [0, 0.05) is 31.3 Å². The average molecular weight is 406 g/mol. The van der Waals surface area contributed by atoms with Crippen molar-refractivity contribution in [2.45, 2.75) is 38.8 Å².